The zero-order chi connectivity index (χ0) is 24.9. The molecule has 0 radical (unpaired) electrons. The Balaban J connectivity index is 2.37. The summed E-state index contributed by atoms with van der Waals surface area (Å²) < 4.78 is 122. The Labute approximate surface area is 183 Å². The van der Waals surface area contributed by atoms with Gasteiger partial charge in [0.1, 0.15) is 0 Å². The first-order valence-corrected chi connectivity index (χ1v) is 9.58. The van der Waals surface area contributed by atoms with Gasteiger partial charge in [-0.15, -0.1) is 0 Å². The van der Waals surface area contributed by atoms with Crippen molar-refractivity contribution >= 4 is 0 Å². The fraction of sp³-hybridized carbons (Fsp3) is 0.250. The summed E-state index contributed by atoms with van der Waals surface area (Å²) in [6, 6.07) is 7.14. The minimum atomic E-state index is -5.03. The lowest BCUT2D eigenvalue weighted by atomic mass is 9.87. The van der Waals surface area contributed by atoms with Gasteiger partial charge < -0.3 is 0 Å². The lowest BCUT2D eigenvalue weighted by Gasteiger charge is -2.21. The van der Waals surface area contributed by atoms with E-state index in [1.165, 1.54) is 26.8 Å². The molecule has 33 heavy (non-hydrogen) atoms. The summed E-state index contributed by atoms with van der Waals surface area (Å²) in [5.74, 6) is 0. The molecule has 9 heteroatoms. The van der Waals surface area contributed by atoms with Crippen LogP contribution in [-0.4, -0.2) is 0 Å². The zero-order valence-electron chi connectivity index (χ0n) is 17.5. The highest BCUT2D eigenvalue weighted by atomic mass is 19.4. The maximum atomic E-state index is 14.0. The summed E-state index contributed by atoms with van der Waals surface area (Å²) in [5, 5.41) is 0. The number of rotatable bonds is 2. The molecule has 0 nitrogen and oxygen atoms in total. The summed E-state index contributed by atoms with van der Waals surface area (Å²) in [4.78, 5) is 0. The van der Waals surface area contributed by atoms with Gasteiger partial charge in [-0.1, -0.05) is 29.8 Å². The SMILES string of the molecule is Cc1ccc(C(F)(F)F)c(-c2cc(C(F)(F)F)c(-c3cc(C(F)(F)F)ccc3C)cc2C)c1. The van der Waals surface area contributed by atoms with Crippen molar-refractivity contribution in [3.63, 3.8) is 0 Å². The second kappa shape index (κ2) is 8.11. The Kier molecular flexibility index (Phi) is 6.06. The second-order valence-electron chi connectivity index (χ2n) is 7.78. The number of alkyl halides is 9. The topological polar surface area (TPSA) is 0 Å². The molecule has 0 fully saturated rings. The third-order valence-electron chi connectivity index (χ3n) is 5.30. The van der Waals surface area contributed by atoms with Crippen molar-refractivity contribution in [1.29, 1.82) is 0 Å². The first-order chi connectivity index (χ1) is 15.0. The average Bonchev–Trinajstić information content (AvgIpc) is 2.65. The van der Waals surface area contributed by atoms with E-state index >= 15 is 0 Å². The van der Waals surface area contributed by atoms with Crippen molar-refractivity contribution in [3.8, 4) is 22.3 Å². The number of hydrogen-bond acceptors (Lipinski definition) is 0. The molecule has 3 rings (SSSR count). The summed E-state index contributed by atoms with van der Waals surface area (Å²) in [6.45, 7) is 4.19. The van der Waals surface area contributed by atoms with Crippen molar-refractivity contribution in [2.24, 2.45) is 0 Å². The Morgan fingerprint density at radius 3 is 1.55 bits per heavy atom. The van der Waals surface area contributed by atoms with Crippen molar-refractivity contribution < 1.29 is 39.5 Å². The van der Waals surface area contributed by atoms with E-state index in [1.54, 1.807) is 0 Å². The van der Waals surface area contributed by atoms with Crippen LogP contribution in [0, 0.1) is 20.8 Å². The first-order valence-electron chi connectivity index (χ1n) is 9.58. The van der Waals surface area contributed by atoms with Gasteiger partial charge in [-0.2, -0.15) is 39.5 Å². The molecule has 0 aliphatic heterocycles. The van der Waals surface area contributed by atoms with E-state index in [2.05, 4.69) is 0 Å². The molecule has 0 aliphatic carbocycles. The van der Waals surface area contributed by atoms with Gasteiger partial charge in [-0.3, -0.25) is 0 Å². The molecule has 0 spiro atoms. The summed E-state index contributed by atoms with van der Waals surface area (Å²) in [6.07, 6.45) is -14.6. The molecule has 0 bridgehead atoms. The fourth-order valence-electron chi connectivity index (χ4n) is 3.67. The molecule has 0 saturated heterocycles. The molecule has 0 saturated carbocycles. The number of halogens is 9. The molecule has 0 atom stereocenters. The lowest BCUT2D eigenvalue weighted by molar-refractivity contribution is -0.138. The minimum absolute atomic E-state index is 0.0610. The van der Waals surface area contributed by atoms with Crippen LogP contribution in [0.15, 0.2) is 48.5 Å². The van der Waals surface area contributed by atoms with E-state index < -0.39 is 46.3 Å². The van der Waals surface area contributed by atoms with Crippen molar-refractivity contribution in [2.45, 2.75) is 39.3 Å². The zero-order valence-corrected chi connectivity index (χ0v) is 17.5. The van der Waals surface area contributed by atoms with Crippen LogP contribution in [0.5, 0.6) is 0 Å². The molecule has 0 N–H and O–H groups in total. The van der Waals surface area contributed by atoms with Gasteiger partial charge in [0.25, 0.3) is 0 Å². The Bertz CT molecular complexity index is 1200. The highest BCUT2D eigenvalue weighted by Crippen LogP contribution is 2.45. The first kappa shape index (κ1) is 24.7. The van der Waals surface area contributed by atoms with E-state index in [0.717, 1.165) is 30.3 Å². The van der Waals surface area contributed by atoms with Gasteiger partial charge in [-0.25, -0.2) is 0 Å². The van der Waals surface area contributed by atoms with Crippen LogP contribution in [0.2, 0.25) is 0 Å². The summed E-state index contributed by atoms with van der Waals surface area (Å²) in [7, 11) is 0. The van der Waals surface area contributed by atoms with Gasteiger partial charge in [0.2, 0.25) is 0 Å². The molecule has 3 aromatic rings. The number of hydrogen-bond donors (Lipinski definition) is 0. The third kappa shape index (κ3) is 5.02. The Morgan fingerprint density at radius 2 is 1.00 bits per heavy atom. The van der Waals surface area contributed by atoms with Crippen LogP contribution in [0.1, 0.15) is 33.4 Å². The Morgan fingerprint density at radius 1 is 0.455 bits per heavy atom. The van der Waals surface area contributed by atoms with Gasteiger partial charge in [0, 0.05) is 0 Å². The van der Waals surface area contributed by atoms with E-state index in [-0.39, 0.29) is 22.3 Å². The van der Waals surface area contributed by atoms with E-state index in [1.807, 2.05) is 0 Å². The predicted molar refractivity (Wildman–Crippen MR) is 107 cm³/mol. The number of aryl methyl sites for hydroxylation is 3. The minimum Gasteiger partial charge on any atom is -0.166 e. The second-order valence-corrected chi connectivity index (χ2v) is 7.78. The lowest BCUT2D eigenvalue weighted by Crippen LogP contribution is -2.11. The molecule has 0 aliphatic rings. The standard InChI is InChI=1S/C24H17F9/c1-12-4-7-20(23(28,29)30)18(8-12)17-11-21(24(31,32)33)19(9-14(17)3)16-10-15(22(25,26)27)6-5-13(16)2/h4-11H,1-3H3. The van der Waals surface area contributed by atoms with E-state index in [0.29, 0.717) is 17.7 Å². The highest BCUT2D eigenvalue weighted by Gasteiger charge is 2.38. The monoisotopic (exact) mass is 476 g/mol. The maximum Gasteiger partial charge on any atom is 0.417 e. The van der Waals surface area contributed by atoms with Crippen molar-refractivity contribution in [2.75, 3.05) is 0 Å². The van der Waals surface area contributed by atoms with Crippen LogP contribution in [0.4, 0.5) is 39.5 Å². The van der Waals surface area contributed by atoms with Crippen LogP contribution < -0.4 is 0 Å². The fourth-order valence-corrected chi connectivity index (χ4v) is 3.67. The third-order valence-corrected chi connectivity index (χ3v) is 5.30. The molecule has 0 unspecified atom stereocenters. The average molecular weight is 476 g/mol. The molecule has 0 amide bonds. The molecule has 3 aromatic carbocycles. The van der Waals surface area contributed by atoms with E-state index in [4.69, 9.17) is 0 Å². The number of benzene rings is 3. The quantitative estimate of drug-likeness (QED) is 0.324. The molecular weight excluding hydrogens is 459 g/mol. The van der Waals surface area contributed by atoms with Gasteiger partial charge in [0.15, 0.2) is 0 Å². The van der Waals surface area contributed by atoms with Crippen LogP contribution >= 0.6 is 0 Å². The van der Waals surface area contributed by atoms with Crippen LogP contribution in [0.25, 0.3) is 22.3 Å². The predicted octanol–water partition coefficient (Wildman–Crippen LogP) is 9.00. The van der Waals surface area contributed by atoms with Crippen LogP contribution in [0.3, 0.4) is 0 Å². The normalized spacial score (nSPS) is 12.8. The smallest absolute Gasteiger partial charge is 0.166 e. The summed E-state index contributed by atoms with van der Waals surface area (Å²) in [5.41, 5.74) is -4.49. The van der Waals surface area contributed by atoms with E-state index in [9.17, 15) is 39.5 Å². The van der Waals surface area contributed by atoms with Crippen molar-refractivity contribution in [1.82, 2.24) is 0 Å². The van der Waals surface area contributed by atoms with Gasteiger partial charge in [-0.05, 0) is 78.4 Å². The summed E-state index contributed by atoms with van der Waals surface area (Å²) >= 11 is 0. The van der Waals surface area contributed by atoms with Gasteiger partial charge in [0.05, 0.1) is 16.7 Å². The molecule has 0 aromatic heterocycles. The van der Waals surface area contributed by atoms with Crippen LogP contribution in [-0.2, 0) is 18.5 Å². The highest BCUT2D eigenvalue weighted by molar-refractivity contribution is 5.80. The molecule has 176 valence electrons. The van der Waals surface area contributed by atoms with Gasteiger partial charge >= 0.3 is 18.5 Å². The Hall–Kier alpha value is -2.97. The molecule has 0 heterocycles. The molecular formula is C24H17F9. The maximum absolute atomic E-state index is 14.0. The van der Waals surface area contributed by atoms with Crippen molar-refractivity contribution in [3.05, 3.63) is 81.9 Å². The largest absolute Gasteiger partial charge is 0.417 e.